The summed E-state index contributed by atoms with van der Waals surface area (Å²) in [6.07, 6.45) is 1.36. The molecular weight excluding hydrogens is 330 g/mol. The molecule has 0 saturated carbocycles. The number of benzene rings is 2. The standard InChI is InChI=1S/C15H11Cl2FN2O2/c16-13-3-1-2-10(15(13)17)8-19-22-9-14(21)20-12-6-4-11(18)5-7-12/h1-8H,9H2,(H,20,21)/b19-8-. The van der Waals surface area contributed by atoms with Crippen LogP contribution in [-0.4, -0.2) is 18.7 Å². The van der Waals surface area contributed by atoms with Gasteiger partial charge >= 0.3 is 0 Å². The Morgan fingerprint density at radius 3 is 2.68 bits per heavy atom. The third-order valence-electron chi connectivity index (χ3n) is 2.57. The molecule has 1 amide bonds. The molecule has 2 aromatic rings. The summed E-state index contributed by atoms with van der Waals surface area (Å²) in [5.74, 6) is -0.793. The van der Waals surface area contributed by atoms with Crippen molar-refractivity contribution in [2.24, 2.45) is 5.16 Å². The summed E-state index contributed by atoms with van der Waals surface area (Å²) in [4.78, 5) is 16.5. The van der Waals surface area contributed by atoms with Gasteiger partial charge in [0, 0.05) is 11.3 Å². The van der Waals surface area contributed by atoms with Gasteiger partial charge in [-0.25, -0.2) is 4.39 Å². The molecule has 1 N–H and O–H groups in total. The van der Waals surface area contributed by atoms with Crippen LogP contribution in [0.4, 0.5) is 10.1 Å². The molecule has 0 saturated heterocycles. The Morgan fingerprint density at radius 1 is 1.23 bits per heavy atom. The van der Waals surface area contributed by atoms with Gasteiger partial charge in [-0.3, -0.25) is 4.79 Å². The van der Waals surface area contributed by atoms with Crippen molar-refractivity contribution in [3.05, 3.63) is 63.9 Å². The van der Waals surface area contributed by atoms with Crippen LogP contribution in [0.25, 0.3) is 0 Å². The fraction of sp³-hybridized carbons (Fsp3) is 0.0667. The first-order valence-corrected chi connectivity index (χ1v) is 6.96. The molecule has 0 unspecified atom stereocenters. The van der Waals surface area contributed by atoms with Gasteiger partial charge in [-0.1, -0.05) is 40.5 Å². The summed E-state index contributed by atoms with van der Waals surface area (Å²) < 4.78 is 12.7. The molecular formula is C15H11Cl2FN2O2. The Hall–Kier alpha value is -2.11. The predicted molar refractivity (Wildman–Crippen MR) is 85.0 cm³/mol. The monoisotopic (exact) mass is 340 g/mol. The maximum atomic E-state index is 12.7. The summed E-state index contributed by atoms with van der Waals surface area (Å²) in [6, 6.07) is 10.5. The quantitative estimate of drug-likeness (QED) is 0.657. The number of carbonyl (C=O) groups is 1. The predicted octanol–water partition coefficient (Wildman–Crippen LogP) is 4.12. The average molecular weight is 341 g/mol. The van der Waals surface area contributed by atoms with Crippen LogP contribution in [-0.2, 0) is 9.63 Å². The maximum absolute atomic E-state index is 12.7. The van der Waals surface area contributed by atoms with Crippen LogP contribution in [0.3, 0.4) is 0 Å². The summed E-state index contributed by atoms with van der Waals surface area (Å²) in [5, 5.41) is 6.94. The molecule has 0 heterocycles. The van der Waals surface area contributed by atoms with Crippen LogP contribution in [0, 0.1) is 5.82 Å². The van der Waals surface area contributed by atoms with Gasteiger partial charge in [0.15, 0.2) is 6.61 Å². The van der Waals surface area contributed by atoms with Crippen LogP contribution < -0.4 is 5.32 Å². The van der Waals surface area contributed by atoms with Crippen LogP contribution in [0.15, 0.2) is 47.6 Å². The second-order valence-corrected chi connectivity index (χ2v) is 4.99. The molecule has 7 heteroatoms. The van der Waals surface area contributed by atoms with E-state index in [1.165, 1.54) is 30.5 Å². The van der Waals surface area contributed by atoms with Crippen LogP contribution >= 0.6 is 23.2 Å². The van der Waals surface area contributed by atoms with Crippen molar-refractivity contribution < 1.29 is 14.0 Å². The first kappa shape index (κ1) is 16.3. The highest BCUT2D eigenvalue weighted by Crippen LogP contribution is 2.24. The van der Waals surface area contributed by atoms with Gasteiger partial charge < -0.3 is 10.2 Å². The Kier molecular flexibility index (Phi) is 5.75. The fourth-order valence-electron chi connectivity index (χ4n) is 1.54. The third kappa shape index (κ3) is 4.72. The summed E-state index contributed by atoms with van der Waals surface area (Å²) >= 11 is 11.8. The van der Waals surface area contributed by atoms with Crippen LogP contribution in [0.5, 0.6) is 0 Å². The van der Waals surface area contributed by atoms with E-state index in [0.717, 1.165) is 0 Å². The summed E-state index contributed by atoms with van der Waals surface area (Å²) in [5.41, 5.74) is 1.05. The Balaban J connectivity index is 1.83. The summed E-state index contributed by atoms with van der Waals surface area (Å²) in [7, 11) is 0. The number of hydrogen-bond acceptors (Lipinski definition) is 3. The van der Waals surface area contributed by atoms with E-state index in [9.17, 15) is 9.18 Å². The second-order valence-electron chi connectivity index (χ2n) is 4.21. The van der Waals surface area contributed by atoms with E-state index in [1.807, 2.05) is 0 Å². The van der Waals surface area contributed by atoms with Crippen molar-refractivity contribution in [3.63, 3.8) is 0 Å². The average Bonchev–Trinajstić information content (AvgIpc) is 2.50. The summed E-state index contributed by atoms with van der Waals surface area (Å²) in [6.45, 7) is -0.286. The van der Waals surface area contributed by atoms with Gasteiger partial charge in [0.05, 0.1) is 16.3 Å². The number of nitrogens with zero attached hydrogens (tertiary/aromatic N) is 1. The Bertz CT molecular complexity index is 690. The number of hydrogen-bond donors (Lipinski definition) is 1. The number of oxime groups is 1. The number of rotatable bonds is 5. The normalized spacial score (nSPS) is 10.7. The smallest absolute Gasteiger partial charge is 0.265 e. The highest BCUT2D eigenvalue weighted by atomic mass is 35.5. The molecule has 2 aromatic carbocycles. The largest absolute Gasteiger partial charge is 0.386 e. The fourth-order valence-corrected chi connectivity index (χ4v) is 1.90. The molecule has 0 radical (unpaired) electrons. The minimum Gasteiger partial charge on any atom is -0.386 e. The SMILES string of the molecule is O=C(CO/N=C\c1cccc(Cl)c1Cl)Nc1ccc(F)cc1. The molecule has 114 valence electrons. The number of amides is 1. The van der Waals surface area contributed by atoms with E-state index in [4.69, 9.17) is 28.0 Å². The Morgan fingerprint density at radius 2 is 1.95 bits per heavy atom. The highest BCUT2D eigenvalue weighted by Gasteiger charge is 2.04. The first-order valence-electron chi connectivity index (χ1n) is 6.21. The van der Waals surface area contributed by atoms with Gasteiger partial charge in [0.1, 0.15) is 5.82 Å². The lowest BCUT2D eigenvalue weighted by molar-refractivity contribution is -0.120. The lowest BCUT2D eigenvalue weighted by Gasteiger charge is -2.04. The van der Waals surface area contributed by atoms with Gasteiger partial charge in [0.25, 0.3) is 5.91 Å². The number of carbonyl (C=O) groups excluding carboxylic acids is 1. The van der Waals surface area contributed by atoms with Crippen molar-refractivity contribution in [1.82, 2.24) is 0 Å². The highest BCUT2D eigenvalue weighted by molar-refractivity contribution is 6.43. The van der Waals surface area contributed by atoms with E-state index in [2.05, 4.69) is 10.5 Å². The number of halogens is 3. The van der Waals surface area contributed by atoms with E-state index >= 15 is 0 Å². The van der Waals surface area contributed by atoms with E-state index in [1.54, 1.807) is 18.2 Å². The minimum absolute atomic E-state index is 0.286. The van der Waals surface area contributed by atoms with Crippen LogP contribution in [0.1, 0.15) is 5.56 Å². The van der Waals surface area contributed by atoms with E-state index in [-0.39, 0.29) is 12.4 Å². The molecule has 0 spiro atoms. The third-order valence-corrected chi connectivity index (χ3v) is 3.40. The van der Waals surface area contributed by atoms with Gasteiger partial charge in [-0.2, -0.15) is 0 Å². The second kappa shape index (κ2) is 7.77. The minimum atomic E-state index is -0.416. The molecule has 0 fully saturated rings. The van der Waals surface area contributed by atoms with Crippen molar-refractivity contribution in [2.75, 3.05) is 11.9 Å². The van der Waals surface area contributed by atoms with Gasteiger partial charge in [0.2, 0.25) is 0 Å². The van der Waals surface area contributed by atoms with Crippen molar-refractivity contribution in [3.8, 4) is 0 Å². The molecule has 4 nitrogen and oxygen atoms in total. The zero-order chi connectivity index (χ0) is 15.9. The molecule has 0 aliphatic rings. The molecule has 0 bridgehead atoms. The number of anilines is 1. The molecule has 0 aromatic heterocycles. The topological polar surface area (TPSA) is 50.7 Å². The van der Waals surface area contributed by atoms with Crippen molar-refractivity contribution in [2.45, 2.75) is 0 Å². The van der Waals surface area contributed by atoms with Gasteiger partial charge in [-0.05, 0) is 30.3 Å². The molecule has 0 aliphatic carbocycles. The molecule has 2 rings (SSSR count). The molecule has 0 aliphatic heterocycles. The van der Waals surface area contributed by atoms with Crippen molar-refractivity contribution >= 4 is 41.0 Å². The zero-order valence-electron chi connectivity index (χ0n) is 11.2. The van der Waals surface area contributed by atoms with Gasteiger partial charge in [-0.15, -0.1) is 0 Å². The zero-order valence-corrected chi connectivity index (χ0v) is 12.7. The lowest BCUT2D eigenvalue weighted by Crippen LogP contribution is -2.16. The van der Waals surface area contributed by atoms with Crippen LogP contribution in [0.2, 0.25) is 10.0 Å². The lowest BCUT2D eigenvalue weighted by atomic mass is 10.2. The maximum Gasteiger partial charge on any atom is 0.265 e. The van der Waals surface area contributed by atoms with E-state index in [0.29, 0.717) is 21.3 Å². The van der Waals surface area contributed by atoms with E-state index < -0.39 is 5.91 Å². The molecule has 22 heavy (non-hydrogen) atoms. The Labute approximate surface area is 136 Å². The molecule has 0 atom stereocenters. The number of nitrogens with one attached hydrogen (secondary N) is 1. The first-order chi connectivity index (χ1) is 10.6. The van der Waals surface area contributed by atoms with Crippen molar-refractivity contribution in [1.29, 1.82) is 0 Å².